The summed E-state index contributed by atoms with van der Waals surface area (Å²) in [5.41, 5.74) is 2.71. The van der Waals surface area contributed by atoms with Crippen molar-refractivity contribution in [1.29, 1.82) is 0 Å². The first-order valence-electron chi connectivity index (χ1n) is 7.44. The molecule has 0 saturated carbocycles. The molecule has 0 aliphatic heterocycles. The summed E-state index contributed by atoms with van der Waals surface area (Å²) in [4.78, 5) is 3.86. The number of furan rings is 1. The predicted octanol–water partition coefficient (Wildman–Crippen LogP) is 1.47. The van der Waals surface area contributed by atoms with Crippen molar-refractivity contribution in [1.82, 2.24) is 24.1 Å². The first-order chi connectivity index (χ1) is 11.4. The van der Waals surface area contributed by atoms with Crippen LogP contribution in [0, 0.1) is 13.8 Å². The topological polar surface area (TPSA) is 95.0 Å². The lowest BCUT2D eigenvalue weighted by Crippen LogP contribution is -2.28. The van der Waals surface area contributed by atoms with Crippen molar-refractivity contribution < 1.29 is 12.8 Å². The Morgan fingerprint density at radius 1 is 1.33 bits per heavy atom. The molecule has 0 aromatic carbocycles. The molecule has 24 heavy (non-hydrogen) atoms. The monoisotopic (exact) mass is 349 g/mol. The third-order valence-electron chi connectivity index (χ3n) is 3.72. The average molecular weight is 349 g/mol. The van der Waals surface area contributed by atoms with Gasteiger partial charge in [0.15, 0.2) is 5.03 Å². The Balaban J connectivity index is 1.71. The smallest absolute Gasteiger partial charge is 0.259 e. The van der Waals surface area contributed by atoms with Crippen LogP contribution in [-0.4, -0.2) is 34.3 Å². The number of imidazole rings is 1. The number of aromatic nitrogens is 4. The molecule has 0 radical (unpaired) electrons. The number of aryl methyl sites for hydroxylation is 2. The molecule has 0 saturated heterocycles. The SMILES string of the molecule is Cc1nn(CCNS(=O)(=O)c2cn(C)cn2)c(C)c1-c1ccco1. The fourth-order valence-corrected chi connectivity index (χ4v) is 3.58. The molecule has 0 unspecified atom stereocenters. The maximum Gasteiger partial charge on any atom is 0.259 e. The Kier molecular flexibility index (Phi) is 4.29. The largest absolute Gasteiger partial charge is 0.464 e. The summed E-state index contributed by atoms with van der Waals surface area (Å²) in [5, 5.41) is 4.47. The second kappa shape index (κ2) is 6.25. The number of hydrogen-bond donors (Lipinski definition) is 1. The summed E-state index contributed by atoms with van der Waals surface area (Å²) >= 11 is 0. The highest BCUT2D eigenvalue weighted by Crippen LogP contribution is 2.27. The fourth-order valence-electron chi connectivity index (χ4n) is 2.58. The average Bonchev–Trinajstić information content (AvgIpc) is 3.22. The fraction of sp³-hybridized carbons (Fsp3) is 0.333. The molecule has 0 amide bonds. The van der Waals surface area contributed by atoms with Crippen LogP contribution in [0.25, 0.3) is 11.3 Å². The van der Waals surface area contributed by atoms with E-state index in [1.54, 1.807) is 22.6 Å². The van der Waals surface area contributed by atoms with Gasteiger partial charge in [0.05, 0.1) is 30.4 Å². The van der Waals surface area contributed by atoms with Crippen molar-refractivity contribution in [3.8, 4) is 11.3 Å². The van der Waals surface area contributed by atoms with E-state index in [1.807, 2.05) is 26.0 Å². The van der Waals surface area contributed by atoms with Crippen LogP contribution in [0.15, 0.2) is 40.4 Å². The van der Waals surface area contributed by atoms with Gasteiger partial charge in [0.2, 0.25) is 0 Å². The van der Waals surface area contributed by atoms with Crippen LogP contribution in [0.4, 0.5) is 0 Å². The van der Waals surface area contributed by atoms with Gasteiger partial charge in [-0.05, 0) is 26.0 Å². The van der Waals surface area contributed by atoms with Gasteiger partial charge >= 0.3 is 0 Å². The summed E-state index contributed by atoms with van der Waals surface area (Å²) in [5.74, 6) is 0.755. The quantitative estimate of drug-likeness (QED) is 0.727. The highest BCUT2D eigenvalue weighted by atomic mass is 32.2. The molecule has 3 aromatic rings. The van der Waals surface area contributed by atoms with Crippen molar-refractivity contribution in [3.05, 3.63) is 42.3 Å². The Bertz CT molecular complexity index is 938. The molecule has 0 fully saturated rings. The zero-order valence-corrected chi connectivity index (χ0v) is 14.5. The van der Waals surface area contributed by atoms with Crippen LogP contribution in [0.3, 0.4) is 0 Å². The van der Waals surface area contributed by atoms with Crippen LogP contribution in [0.5, 0.6) is 0 Å². The van der Waals surface area contributed by atoms with Gasteiger partial charge in [-0.1, -0.05) is 0 Å². The zero-order valence-electron chi connectivity index (χ0n) is 13.7. The summed E-state index contributed by atoms with van der Waals surface area (Å²) in [7, 11) is -1.89. The third-order valence-corrected chi connectivity index (χ3v) is 5.07. The second-order valence-electron chi connectivity index (χ2n) is 5.52. The molecule has 0 aliphatic carbocycles. The highest BCUT2D eigenvalue weighted by Gasteiger charge is 2.18. The minimum absolute atomic E-state index is 0.00893. The number of hydrogen-bond acceptors (Lipinski definition) is 5. The standard InChI is InChI=1S/C15H19N5O3S/c1-11-15(13-5-4-8-23-13)12(2)20(18-11)7-6-17-24(21,22)14-9-19(3)10-16-14/h4-5,8-10,17H,6-7H2,1-3H3. The van der Waals surface area contributed by atoms with Crippen LogP contribution < -0.4 is 4.72 Å². The van der Waals surface area contributed by atoms with Crippen molar-refractivity contribution in [2.45, 2.75) is 25.4 Å². The molecule has 0 bridgehead atoms. The molecule has 0 aliphatic rings. The summed E-state index contributed by atoms with van der Waals surface area (Å²) in [6.45, 7) is 4.47. The van der Waals surface area contributed by atoms with Gasteiger partial charge < -0.3 is 8.98 Å². The van der Waals surface area contributed by atoms with Crippen LogP contribution >= 0.6 is 0 Å². The van der Waals surface area contributed by atoms with E-state index in [9.17, 15) is 8.42 Å². The lowest BCUT2D eigenvalue weighted by Gasteiger charge is -2.06. The van der Waals surface area contributed by atoms with Gasteiger partial charge in [0, 0.05) is 25.5 Å². The van der Waals surface area contributed by atoms with Crippen LogP contribution in [0.2, 0.25) is 0 Å². The molecule has 3 heterocycles. The van der Waals surface area contributed by atoms with E-state index >= 15 is 0 Å². The van der Waals surface area contributed by atoms with E-state index in [0.717, 1.165) is 22.7 Å². The Morgan fingerprint density at radius 2 is 2.12 bits per heavy atom. The Hall–Kier alpha value is -2.39. The summed E-state index contributed by atoms with van der Waals surface area (Å²) < 4.78 is 35.6. The molecule has 3 aromatic heterocycles. The Labute approximate surface area is 140 Å². The van der Waals surface area contributed by atoms with Crippen molar-refractivity contribution in [2.75, 3.05) is 6.54 Å². The number of sulfonamides is 1. The number of nitrogens with one attached hydrogen (secondary N) is 1. The van der Waals surface area contributed by atoms with Crippen molar-refractivity contribution >= 4 is 10.0 Å². The van der Waals surface area contributed by atoms with Gasteiger partial charge in [-0.25, -0.2) is 18.1 Å². The number of rotatable bonds is 6. The van der Waals surface area contributed by atoms with E-state index in [1.165, 1.54) is 12.5 Å². The number of nitrogens with zero attached hydrogens (tertiary/aromatic N) is 4. The van der Waals surface area contributed by atoms with Gasteiger partial charge in [-0.15, -0.1) is 0 Å². The van der Waals surface area contributed by atoms with Gasteiger partial charge in [-0.3, -0.25) is 4.68 Å². The van der Waals surface area contributed by atoms with Crippen molar-refractivity contribution in [3.63, 3.8) is 0 Å². The van der Waals surface area contributed by atoms with E-state index in [-0.39, 0.29) is 11.6 Å². The minimum atomic E-state index is -3.61. The molecule has 128 valence electrons. The molecule has 9 heteroatoms. The summed E-state index contributed by atoms with van der Waals surface area (Å²) in [6, 6.07) is 3.71. The second-order valence-corrected chi connectivity index (χ2v) is 7.24. The summed E-state index contributed by atoms with van der Waals surface area (Å²) in [6.07, 6.45) is 4.53. The molecule has 0 spiro atoms. The predicted molar refractivity (Wildman–Crippen MR) is 87.8 cm³/mol. The first-order valence-corrected chi connectivity index (χ1v) is 8.92. The Morgan fingerprint density at radius 3 is 2.75 bits per heavy atom. The first kappa shape index (κ1) is 16.5. The van der Waals surface area contributed by atoms with Crippen LogP contribution in [-0.2, 0) is 23.6 Å². The van der Waals surface area contributed by atoms with Gasteiger partial charge in [0.1, 0.15) is 5.76 Å². The molecule has 8 nitrogen and oxygen atoms in total. The van der Waals surface area contributed by atoms with Crippen LogP contribution in [0.1, 0.15) is 11.4 Å². The zero-order chi connectivity index (χ0) is 17.3. The minimum Gasteiger partial charge on any atom is -0.464 e. The molecule has 3 rings (SSSR count). The van der Waals surface area contributed by atoms with Crippen molar-refractivity contribution in [2.24, 2.45) is 7.05 Å². The van der Waals surface area contributed by atoms with Gasteiger partial charge in [0.25, 0.3) is 10.0 Å². The van der Waals surface area contributed by atoms with E-state index in [0.29, 0.717) is 6.54 Å². The highest BCUT2D eigenvalue weighted by molar-refractivity contribution is 7.89. The molecular weight excluding hydrogens is 330 g/mol. The lowest BCUT2D eigenvalue weighted by atomic mass is 10.1. The van der Waals surface area contributed by atoms with Gasteiger partial charge in [-0.2, -0.15) is 5.10 Å². The maximum absolute atomic E-state index is 12.1. The lowest BCUT2D eigenvalue weighted by molar-refractivity contribution is 0.551. The van der Waals surface area contributed by atoms with E-state index < -0.39 is 10.0 Å². The molecule has 1 N–H and O–H groups in total. The molecule has 0 atom stereocenters. The normalized spacial score (nSPS) is 12.0. The van der Waals surface area contributed by atoms with E-state index in [4.69, 9.17) is 4.42 Å². The van der Waals surface area contributed by atoms with E-state index in [2.05, 4.69) is 14.8 Å². The maximum atomic E-state index is 12.1. The third kappa shape index (κ3) is 3.13. The molecular formula is C15H19N5O3S.